The third kappa shape index (κ3) is 10.9. The molecule has 0 aliphatic heterocycles. The second kappa shape index (κ2) is 16.3. The van der Waals surface area contributed by atoms with Crippen molar-refractivity contribution in [2.24, 2.45) is 0 Å². The molecule has 0 aliphatic rings. The van der Waals surface area contributed by atoms with Gasteiger partial charge in [-0.05, 0) is 55.5 Å². The monoisotopic (exact) mass is 456 g/mol. The van der Waals surface area contributed by atoms with Gasteiger partial charge in [-0.1, -0.05) is 78.1 Å². The van der Waals surface area contributed by atoms with E-state index in [1.165, 1.54) is 51.4 Å². The smallest absolute Gasteiger partial charge is 0.346 e. The van der Waals surface area contributed by atoms with Crippen LogP contribution in [-0.4, -0.2) is 22.1 Å². The first-order valence-electron chi connectivity index (χ1n) is 12.9. The summed E-state index contributed by atoms with van der Waals surface area (Å²) in [5, 5.41) is 0. The molecule has 0 saturated heterocycles. The lowest BCUT2D eigenvalue weighted by molar-refractivity contribution is -0.140. The van der Waals surface area contributed by atoms with Crippen molar-refractivity contribution in [2.75, 3.05) is 0 Å². The number of aromatic nitrogens is 2. The maximum atomic E-state index is 14.0. The maximum absolute atomic E-state index is 14.0. The Labute approximate surface area is 199 Å². The highest BCUT2D eigenvalue weighted by Crippen LogP contribution is 2.21. The second-order valence-electron chi connectivity index (χ2n) is 8.90. The van der Waals surface area contributed by atoms with Gasteiger partial charge in [-0.15, -0.1) is 0 Å². The number of nitrogens with zero attached hydrogens (tertiary/aromatic N) is 2. The molecule has 33 heavy (non-hydrogen) atoms. The standard InChI is InChI=1S/C28H41FN2O2/c1-3-5-7-9-10-11-12-13-15-23-21-30-27(31-22-23)24-17-19-25(20-18-24)33-28(32)26(29)16-14-8-6-4-2/h17-22,26H,3-16H2,1-2H3. The number of hydrogen-bond donors (Lipinski definition) is 0. The van der Waals surface area contributed by atoms with E-state index in [0.717, 1.165) is 36.8 Å². The molecular weight excluding hydrogens is 415 g/mol. The Kier molecular flexibility index (Phi) is 13.3. The van der Waals surface area contributed by atoms with Crippen molar-refractivity contribution >= 4 is 5.97 Å². The molecule has 1 aromatic carbocycles. The fourth-order valence-electron chi connectivity index (χ4n) is 3.82. The van der Waals surface area contributed by atoms with E-state index in [1.54, 1.807) is 24.3 Å². The van der Waals surface area contributed by atoms with E-state index in [9.17, 15) is 9.18 Å². The van der Waals surface area contributed by atoms with Crippen LogP contribution in [0.25, 0.3) is 11.4 Å². The predicted molar refractivity (Wildman–Crippen MR) is 133 cm³/mol. The van der Waals surface area contributed by atoms with Crippen LogP contribution < -0.4 is 4.74 Å². The number of unbranched alkanes of at least 4 members (excludes halogenated alkanes) is 10. The lowest BCUT2D eigenvalue weighted by atomic mass is 10.1. The molecule has 0 amide bonds. The molecule has 1 unspecified atom stereocenters. The first kappa shape index (κ1) is 26.9. The zero-order valence-corrected chi connectivity index (χ0v) is 20.5. The molecule has 1 atom stereocenters. The van der Waals surface area contributed by atoms with Gasteiger partial charge in [0.1, 0.15) is 5.75 Å². The van der Waals surface area contributed by atoms with E-state index in [2.05, 4.69) is 23.8 Å². The molecule has 4 nitrogen and oxygen atoms in total. The highest BCUT2D eigenvalue weighted by molar-refractivity contribution is 5.77. The predicted octanol–water partition coefficient (Wildman–Crippen LogP) is 8.04. The third-order valence-corrected chi connectivity index (χ3v) is 5.92. The normalized spacial score (nSPS) is 12.0. The lowest BCUT2D eigenvalue weighted by Gasteiger charge is -2.09. The van der Waals surface area contributed by atoms with E-state index in [4.69, 9.17) is 4.74 Å². The number of carbonyl (C=O) groups excluding carboxylic acids is 1. The fourth-order valence-corrected chi connectivity index (χ4v) is 3.82. The second-order valence-corrected chi connectivity index (χ2v) is 8.90. The van der Waals surface area contributed by atoms with Gasteiger partial charge in [0.15, 0.2) is 12.0 Å². The van der Waals surface area contributed by atoms with Crippen LogP contribution in [0.5, 0.6) is 5.75 Å². The Morgan fingerprint density at radius 2 is 1.36 bits per heavy atom. The van der Waals surface area contributed by atoms with Crippen molar-refractivity contribution in [3.8, 4) is 17.1 Å². The van der Waals surface area contributed by atoms with Crippen LogP contribution in [0.15, 0.2) is 36.7 Å². The van der Waals surface area contributed by atoms with Crippen molar-refractivity contribution < 1.29 is 13.9 Å². The molecule has 0 aliphatic carbocycles. The highest BCUT2D eigenvalue weighted by atomic mass is 19.1. The van der Waals surface area contributed by atoms with Crippen LogP contribution in [0.2, 0.25) is 0 Å². The molecule has 0 radical (unpaired) electrons. The maximum Gasteiger partial charge on any atom is 0.346 e. The Hall–Kier alpha value is -2.30. The summed E-state index contributed by atoms with van der Waals surface area (Å²) in [6.45, 7) is 4.35. The molecule has 1 aromatic heterocycles. The number of aryl methyl sites for hydroxylation is 1. The van der Waals surface area contributed by atoms with Gasteiger partial charge in [-0.25, -0.2) is 19.2 Å². The van der Waals surface area contributed by atoms with Gasteiger partial charge in [-0.3, -0.25) is 0 Å². The molecule has 1 heterocycles. The Balaban J connectivity index is 1.72. The van der Waals surface area contributed by atoms with E-state index in [0.29, 0.717) is 18.0 Å². The van der Waals surface area contributed by atoms with Crippen molar-refractivity contribution in [3.63, 3.8) is 0 Å². The van der Waals surface area contributed by atoms with Crippen LogP contribution in [0, 0.1) is 0 Å². The molecule has 0 spiro atoms. The summed E-state index contributed by atoms with van der Waals surface area (Å²) in [6.07, 6.45) is 17.7. The number of halogens is 1. The van der Waals surface area contributed by atoms with E-state index in [1.807, 2.05) is 12.4 Å². The van der Waals surface area contributed by atoms with Crippen molar-refractivity contribution in [1.29, 1.82) is 0 Å². The molecular formula is C28H41FN2O2. The minimum atomic E-state index is -1.57. The summed E-state index contributed by atoms with van der Waals surface area (Å²) in [4.78, 5) is 20.9. The molecule has 2 aromatic rings. The van der Waals surface area contributed by atoms with Crippen LogP contribution in [0.4, 0.5) is 4.39 Å². The van der Waals surface area contributed by atoms with Crippen molar-refractivity contribution in [1.82, 2.24) is 9.97 Å². The number of carbonyl (C=O) groups is 1. The molecule has 0 saturated carbocycles. The summed E-state index contributed by atoms with van der Waals surface area (Å²) in [5.41, 5.74) is 1.99. The third-order valence-electron chi connectivity index (χ3n) is 5.92. The van der Waals surface area contributed by atoms with Gasteiger partial charge in [0, 0.05) is 18.0 Å². The van der Waals surface area contributed by atoms with Gasteiger partial charge in [0.2, 0.25) is 0 Å². The molecule has 0 N–H and O–H groups in total. The highest BCUT2D eigenvalue weighted by Gasteiger charge is 2.19. The van der Waals surface area contributed by atoms with E-state index >= 15 is 0 Å². The number of ether oxygens (including phenoxy) is 1. The van der Waals surface area contributed by atoms with Crippen LogP contribution in [0.3, 0.4) is 0 Å². The van der Waals surface area contributed by atoms with Gasteiger partial charge in [0.05, 0.1) is 0 Å². The fraction of sp³-hybridized carbons (Fsp3) is 0.607. The zero-order valence-electron chi connectivity index (χ0n) is 20.5. The van der Waals surface area contributed by atoms with Crippen LogP contribution in [0.1, 0.15) is 103 Å². The topological polar surface area (TPSA) is 52.1 Å². The lowest BCUT2D eigenvalue weighted by Crippen LogP contribution is -2.21. The minimum Gasteiger partial charge on any atom is -0.424 e. The van der Waals surface area contributed by atoms with Gasteiger partial charge >= 0.3 is 5.97 Å². The van der Waals surface area contributed by atoms with Gasteiger partial charge in [-0.2, -0.15) is 0 Å². The van der Waals surface area contributed by atoms with E-state index < -0.39 is 12.1 Å². The number of hydrogen-bond acceptors (Lipinski definition) is 4. The number of alkyl halides is 1. The average Bonchev–Trinajstić information content (AvgIpc) is 2.84. The zero-order chi connectivity index (χ0) is 23.7. The first-order chi connectivity index (χ1) is 16.1. The molecule has 5 heteroatoms. The number of rotatable bonds is 17. The summed E-state index contributed by atoms with van der Waals surface area (Å²) in [5.74, 6) is 0.152. The van der Waals surface area contributed by atoms with Crippen LogP contribution in [-0.2, 0) is 11.2 Å². The minimum absolute atomic E-state index is 0.218. The Morgan fingerprint density at radius 3 is 1.97 bits per heavy atom. The first-order valence-corrected chi connectivity index (χ1v) is 12.9. The summed E-state index contributed by atoms with van der Waals surface area (Å²) in [6, 6.07) is 6.92. The summed E-state index contributed by atoms with van der Waals surface area (Å²) >= 11 is 0. The van der Waals surface area contributed by atoms with Crippen molar-refractivity contribution in [3.05, 3.63) is 42.2 Å². The molecule has 2 rings (SSSR count). The Bertz CT molecular complexity index is 777. The largest absolute Gasteiger partial charge is 0.424 e. The molecule has 0 fully saturated rings. The van der Waals surface area contributed by atoms with Gasteiger partial charge < -0.3 is 4.74 Å². The number of esters is 1. The van der Waals surface area contributed by atoms with Crippen LogP contribution >= 0.6 is 0 Å². The van der Waals surface area contributed by atoms with Crippen molar-refractivity contribution in [2.45, 2.75) is 110 Å². The molecule has 182 valence electrons. The average molecular weight is 457 g/mol. The SMILES string of the molecule is CCCCCCCCCCc1cnc(-c2ccc(OC(=O)C(F)CCCCCC)cc2)nc1. The number of benzene rings is 1. The summed E-state index contributed by atoms with van der Waals surface area (Å²) in [7, 11) is 0. The van der Waals surface area contributed by atoms with E-state index in [-0.39, 0.29) is 6.42 Å². The Morgan fingerprint density at radius 1 is 0.818 bits per heavy atom. The van der Waals surface area contributed by atoms with Gasteiger partial charge in [0.25, 0.3) is 0 Å². The quantitative estimate of drug-likeness (QED) is 0.137. The summed E-state index contributed by atoms with van der Waals surface area (Å²) < 4.78 is 19.2. The molecule has 0 bridgehead atoms.